The molecule has 1 N–H and O–H groups in total. The number of aryl methyl sites for hydroxylation is 1. The molecule has 0 unspecified atom stereocenters. The van der Waals surface area contributed by atoms with Crippen molar-refractivity contribution in [1.29, 1.82) is 0 Å². The van der Waals surface area contributed by atoms with E-state index in [1.807, 2.05) is 12.1 Å². The highest BCUT2D eigenvalue weighted by Gasteiger charge is 1.85. The van der Waals surface area contributed by atoms with E-state index in [9.17, 15) is 0 Å². The number of hydrogen-bond acceptors (Lipinski definition) is 1. The highest BCUT2D eigenvalue weighted by atomic mass is 14.8. The van der Waals surface area contributed by atoms with E-state index in [0.717, 1.165) is 18.7 Å². The van der Waals surface area contributed by atoms with Gasteiger partial charge in [-0.15, -0.1) is 0 Å². The summed E-state index contributed by atoms with van der Waals surface area (Å²) in [5, 5.41) is 3.16. The van der Waals surface area contributed by atoms with Crippen LogP contribution in [0.3, 0.4) is 0 Å². The molecule has 0 aliphatic heterocycles. The number of rotatable bonds is 2. The largest absolute Gasteiger partial charge is 0.306 e. The lowest BCUT2D eigenvalue weighted by Crippen LogP contribution is -2.11. The number of nitrogens with one attached hydrogen (secondary N) is 1. The Kier molecular flexibility index (Phi) is 4.08. The molecule has 0 aliphatic rings. The van der Waals surface area contributed by atoms with Gasteiger partial charge in [0.25, 0.3) is 0 Å². The van der Waals surface area contributed by atoms with Crippen LogP contribution in [0.1, 0.15) is 18.1 Å². The van der Waals surface area contributed by atoms with Crippen molar-refractivity contribution in [2.45, 2.75) is 13.8 Å². The molecule has 0 aliphatic carbocycles. The molecule has 1 nitrogen and oxygen atoms in total. The maximum Gasteiger partial charge on any atom is 0.0580 e. The molecule has 0 radical (unpaired) electrons. The number of hydrogen-bond donors (Lipinski definition) is 1. The smallest absolute Gasteiger partial charge is 0.0580 e. The van der Waals surface area contributed by atoms with Gasteiger partial charge in [0.05, 0.1) is 6.54 Å². The molecule has 1 heteroatoms. The first-order valence-corrected chi connectivity index (χ1v) is 4.59. The van der Waals surface area contributed by atoms with Crippen LogP contribution in [0.25, 0.3) is 0 Å². The molecule has 0 saturated heterocycles. The molecule has 0 fully saturated rings. The molecule has 0 aromatic heterocycles. The molecular weight excluding hydrogens is 158 g/mol. The van der Waals surface area contributed by atoms with Gasteiger partial charge in [0, 0.05) is 5.56 Å². The Hall–Kier alpha value is -1.26. The predicted octanol–water partition coefficient (Wildman–Crippen LogP) is 1.96. The quantitative estimate of drug-likeness (QED) is 0.532. The minimum absolute atomic E-state index is 0.768. The Morgan fingerprint density at radius 1 is 1.38 bits per heavy atom. The Morgan fingerprint density at radius 3 is 2.92 bits per heavy atom. The summed E-state index contributed by atoms with van der Waals surface area (Å²) in [6.07, 6.45) is 0. The van der Waals surface area contributed by atoms with Crippen LogP contribution in [-0.2, 0) is 0 Å². The standard InChI is InChI=1S/C12H15N/c1-3-13-9-5-8-12-7-4-6-11(2)10-12/h4,6-7,10,13H,3,9H2,1-2H3. The summed E-state index contributed by atoms with van der Waals surface area (Å²) < 4.78 is 0. The summed E-state index contributed by atoms with van der Waals surface area (Å²) in [6.45, 7) is 5.90. The van der Waals surface area contributed by atoms with E-state index in [1.165, 1.54) is 5.56 Å². The predicted molar refractivity (Wildman–Crippen MR) is 56.6 cm³/mol. The third-order valence-corrected chi connectivity index (χ3v) is 1.71. The van der Waals surface area contributed by atoms with Gasteiger partial charge in [-0.25, -0.2) is 0 Å². The van der Waals surface area contributed by atoms with Crippen molar-refractivity contribution in [1.82, 2.24) is 5.32 Å². The zero-order valence-corrected chi connectivity index (χ0v) is 8.22. The second-order valence-electron chi connectivity index (χ2n) is 2.95. The highest BCUT2D eigenvalue weighted by molar-refractivity contribution is 5.36. The van der Waals surface area contributed by atoms with Gasteiger partial charge in [-0.3, -0.25) is 0 Å². The Labute approximate surface area is 80.2 Å². The van der Waals surface area contributed by atoms with Crippen LogP contribution < -0.4 is 5.32 Å². The molecule has 13 heavy (non-hydrogen) atoms. The molecule has 0 amide bonds. The van der Waals surface area contributed by atoms with Crippen molar-refractivity contribution in [3.05, 3.63) is 35.4 Å². The van der Waals surface area contributed by atoms with E-state index < -0.39 is 0 Å². The second-order valence-corrected chi connectivity index (χ2v) is 2.95. The topological polar surface area (TPSA) is 12.0 Å². The molecule has 0 spiro atoms. The monoisotopic (exact) mass is 173 g/mol. The minimum Gasteiger partial charge on any atom is -0.306 e. The van der Waals surface area contributed by atoms with E-state index in [2.05, 4.69) is 43.1 Å². The minimum atomic E-state index is 0.768. The maximum atomic E-state index is 3.16. The Balaban J connectivity index is 2.56. The van der Waals surface area contributed by atoms with Crippen LogP contribution in [-0.4, -0.2) is 13.1 Å². The van der Waals surface area contributed by atoms with Gasteiger partial charge in [-0.2, -0.15) is 0 Å². The van der Waals surface area contributed by atoms with Gasteiger partial charge in [-0.1, -0.05) is 30.9 Å². The maximum absolute atomic E-state index is 3.16. The molecule has 0 atom stereocenters. The summed E-state index contributed by atoms with van der Waals surface area (Å²) in [5.41, 5.74) is 2.35. The van der Waals surface area contributed by atoms with Crippen LogP contribution in [0.2, 0.25) is 0 Å². The van der Waals surface area contributed by atoms with Crippen LogP contribution in [0.5, 0.6) is 0 Å². The van der Waals surface area contributed by atoms with E-state index in [0.29, 0.717) is 0 Å². The third kappa shape index (κ3) is 3.78. The summed E-state index contributed by atoms with van der Waals surface area (Å²) in [4.78, 5) is 0. The van der Waals surface area contributed by atoms with Crippen molar-refractivity contribution in [2.24, 2.45) is 0 Å². The first-order chi connectivity index (χ1) is 6.33. The zero-order chi connectivity index (χ0) is 9.52. The van der Waals surface area contributed by atoms with Gasteiger partial charge < -0.3 is 5.32 Å². The molecular formula is C12H15N. The third-order valence-electron chi connectivity index (χ3n) is 1.71. The Morgan fingerprint density at radius 2 is 2.23 bits per heavy atom. The fourth-order valence-electron chi connectivity index (χ4n) is 1.06. The van der Waals surface area contributed by atoms with Crippen molar-refractivity contribution >= 4 is 0 Å². The fraction of sp³-hybridized carbons (Fsp3) is 0.333. The molecule has 1 rings (SSSR count). The van der Waals surface area contributed by atoms with Crippen molar-refractivity contribution in [3.63, 3.8) is 0 Å². The SMILES string of the molecule is CCNCC#Cc1cccc(C)c1. The van der Waals surface area contributed by atoms with Crippen LogP contribution in [0.15, 0.2) is 24.3 Å². The average Bonchev–Trinajstić information content (AvgIpc) is 2.13. The second kappa shape index (κ2) is 5.40. The fourth-order valence-corrected chi connectivity index (χ4v) is 1.06. The molecule has 1 aromatic carbocycles. The first-order valence-electron chi connectivity index (χ1n) is 4.59. The molecule has 1 aromatic rings. The normalized spacial score (nSPS) is 9.08. The van der Waals surface area contributed by atoms with Crippen molar-refractivity contribution in [2.75, 3.05) is 13.1 Å². The first kappa shape index (κ1) is 9.83. The molecule has 0 saturated carbocycles. The molecule has 0 bridgehead atoms. The van der Waals surface area contributed by atoms with Gasteiger partial charge >= 0.3 is 0 Å². The van der Waals surface area contributed by atoms with Crippen molar-refractivity contribution < 1.29 is 0 Å². The van der Waals surface area contributed by atoms with Gasteiger partial charge in [0.15, 0.2) is 0 Å². The zero-order valence-electron chi connectivity index (χ0n) is 8.22. The molecule has 0 heterocycles. The van der Waals surface area contributed by atoms with Gasteiger partial charge in [0.2, 0.25) is 0 Å². The summed E-state index contributed by atoms with van der Waals surface area (Å²) in [5.74, 6) is 6.18. The summed E-state index contributed by atoms with van der Waals surface area (Å²) in [7, 11) is 0. The molecule has 68 valence electrons. The summed E-state index contributed by atoms with van der Waals surface area (Å²) in [6, 6.07) is 8.24. The van der Waals surface area contributed by atoms with Crippen LogP contribution in [0.4, 0.5) is 0 Å². The Bertz CT molecular complexity index is 317. The lowest BCUT2D eigenvalue weighted by molar-refractivity contribution is 0.811. The van der Waals surface area contributed by atoms with Gasteiger partial charge in [-0.05, 0) is 31.2 Å². The van der Waals surface area contributed by atoms with Gasteiger partial charge in [0.1, 0.15) is 0 Å². The lowest BCUT2D eigenvalue weighted by Gasteiger charge is -1.93. The van der Waals surface area contributed by atoms with Crippen LogP contribution >= 0.6 is 0 Å². The highest BCUT2D eigenvalue weighted by Crippen LogP contribution is 2.01. The van der Waals surface area contributed by atoms with E-state index >= 15 is 0 Å². The van der Waals surface area contributed by atoms with E-state index in [-0.39, 0.29) is 0 Å². The van der Waals surface area contributed by atoms with E-state index in [4.69, 9.17) is 0 Å². The van der Waals surface area contributed by atoms with E-state index in [1.54, 1.807) is 0 Å². The summed E-state index contributed by atoms with van der Waals surface area (Å²) >= 11 is 0. The lowest BCUT2D eigenvalue weighted by atomic mass is 10.1. The van der Waals surface area contributed by atoms with Crippen molar-refractivity contribution in [3.8, 4) is 11.8 Å². The number of benzene rings is 1. The average molecular weight is 173 g/mol. The van der Waals surface area contributed by atoms with Crippen LogP contribution in [0, 0.1) is 18.8 Å².